The van der Waals surface area contributed by atoms with Crippen LogP contribution in [0.25, 0.3) is 22.3 Å². The van der Waals surface area contributed by atoms with Crippen molar-refractivity contribution in [2.24, 2.45) is 0 Å². The number of aromatic nitrogens is 2. The van der Waals surface area contributed by atoms with Crippen molar-refractivity contribution in [2.75, 3.05) is 18.6 Å². The summed E-state index contributed by atoms with van der Waals surface area (Å²) in [6, 6.07) is 12.1. The molecular weight excluding hydrogens is 392 g/mol. The largest absolute Gasteiger partial charge is 0.453 e. The molecule has 2 aliphatic heterocycles. The fourth-order valence-electron chi connectivity index (χ4n) is 4.30. The fraction of sp³-hybridized carbons (Fsp3) is 0.250. The van der Waals surface area contributed by atoms with Crippen LogP contribution in [0.15, 0.2) is 55.0 Å². The van der Waals surface area contributed by atoms with Crippen molar-refractivity contribution in [3.63, 3.8) is 0 Å². The molecule has 4 heterocycles. The summed E-state index contributed by atoms with van der Waals surface area (Å²) < 4.78 is 4.86. The molecule has 2 aliphatic rings. The van der Waals surface area contributed by atoms with Crippen molar-refractivity contribution in [2.45, 2.75) is 25.9 Å². The number of anilines is 1. The van der Waals surface area contributed by atoms with Gasteiger partial charge in [-0.05, 0) is 41.8 Å². The van der Waals surface area contributed by atoms with E-state index in [-0.39, 0.29) is 12.0 Å². The molecular formula is C24H22N4O3. The molecule has 0 aliphatic carbocycles. The van der Waals surface area contributed by atoms with E-state index in [1.54, 1.807) is 11.1 Å². The van der Waals surface area contributed by atoms with E-state index in [0.717, 1.165) is 52.2 Å². The standard InChI is InChI=1S/C24H22N4O3/c1-31-24(30)27-14-21-20(8-9-26-22(21)15-27)18-11-17(12-25-13-18)16-4-6-19(7-5-16)28-10-2-3-23(28)29/h4-9,11-13H,2-3,10,14-15H2,1H3. The molecule has 0 unspecified atom stereocenters. The van der Waals surface area contributed by atoms with Crippen molar-refractivity contribution >= 4 is 17.7 Å². The Balaban J connectivity index is 1.44. The Kier molecular flexibility index (Phi) is 4.86. The SMILES string of the molecule is COC(=O)N1Cc2nccc(-c3cncc(-c4ccc(N5CCCC5=O)cc4)c3)c2C1. The molecule has 31 heavy (non-hydrogen) atoms. The van der Waals surface area contributed by atoms with Crippen molar-refractivity contribution in [3.8, 4) is 22.3 Å². The highest BCUT2D eigenvalue weighted by Gasteiger charge is 2.27. The summed E-state index contributed by atoms with van der Waals surface area (Å²) in [5.74, 6) is 0.184. The Morgan fingerprint density at radius 1 is 1.03 bits per heavy atom. The van der Waals surface area contributed by atoms with Gasteiger partial charge in [0.05, 0.1) is 25.9 Å². The number of methoxy groups -OCH3 is 1. The Hall–Kier alpha value is -3.74. The maximum absolute atomic E-state index is 12.0. The molecule has 0 atom stereocenters. The number of nitrogens with zero attached hydrogens (tertiary/aromatic N) is 4. The Bertz CT molecular complexity index is 1160. The van der Waals surface area contributed by atoms with Crippen LogP contribution in [0.3, 0.4) is 0 Å². The van der Waals surface area contributed by atoms with E-state index in [1.165, 1.54) is 7.11 Å². The minimum Gasteiger partial charge on any atom is -0.453 e. The van der Waals surface area contributed by atoms with E-state index in [0.29, 0.717) is 19.5 Å². The fourth-order valence-corrected chi connectivity index (χ4v) is 4.30. The van der Waals surface area contributed by atoms with Crippen LogP contribution in [-0.2, 0) is 22.6 Å². The maximum Gasteiger partial charge on any atom is 0.410 e. The van der Waals surface area contributed by atoms with Gasteiger partial charge in [0.15, 0.2) is 0 Å². The summed E-state index contributed by atoms with van der Waals surface area (Å²) in [4.78, 5) is 36.3. The first-order chi connectivity index (χ1) is 15.1. The molecule has 5 rings (SSSR count). The Morgan fingerprint density at radius 2 is 1.84 bits per heavy atom. The number of carbonyl (C=O) groups is 2. The minimum atomic E-state index is -0.354. The van der Waals surface area contributed by atoms with E-state index >= 15 is 0 Å². The van der Waals surface area contributed by atoms with Gasteiger partial charge in [-0.2, -0.15) is 0 Å². The van der Waals surface area contributed by atoms with Crippen LogP contribution in [-0.4, -0.2) is 40.5 Å². The van der Waals surface area contributed by atoms with E-state index < -0.39 is 0 Å². The number of fused-ring (bicyclic) bond motifs is 1. The van der Waals surface area contributed by atoms with Crippen LogP contribution >= 0.6 is 0 Å². The quantitative estimate of drug-likeness (QED) is 0.647. The minimum absolute atomic E-state index is 0.184. The molecule has 0 N–H and O–H groups in total. The van der Waals surface area contributed by atoms with Gasteiger partial charge < -0.3 is 9.64 Å². The summed E-state index contributed by atoms with van der Waals surface area (Å²) in [6.07, 6.45) is 6.61. The lowest BCUT2D eigenvalue weighted by Crippen LogP contribution is -2.24. The molecule has 1 saturated heterocycles. The predicted molar refractivity (Wildman–Crippen MR) is 116 cm³/mol. The van der Waals surface area contributed by atoms with E-state index in [1.807, 2.05) is 47.6 Å². The number of ether oxygens (including phenoxy) is 1. The average Bonchev–Trinajstić information content (AvgIpc) is 3.45. The van der Waals surface area contributed by atoms with Gasteiger partial charge in [0.1, 0.15) is 0 Å². The zero-order valence-electron chi connectivity index (χ0n) is 17.2. The number of rotatable bonds is 3. The van der Waals surface area contributed by atoms with Gasteiger partial charge in [0.25, 0.3) is 0 Å². The zero-order chi connectivity index (χ0) is 21.4. The van der Waals surface area contributed by atoms with Gasteiger partial charge in [0.2, 0.25) is 5.91 Å². The molecule has 7 nitrogen and oxygen atoms in total. The van der Waals surface area contributed by atoms with E-state index in [9.17, 15) is 9.59 Å². The van der Waals surface area contributed by atoms with Crippen LogP contribution in [0.2, 0.25) is 0 Å². The summed E-state index contributed by atoms with van der Waals surface area (Å²) >= 11 is 0. The van der Waals surface area contributed by atoms with Crippen molar-refractivity contribution < 1.29 is 14.3 Å². The zero-order valence-corrected chi connectivity index (χ0v) is 17.2. The summed E-state index contributed by atoms with van der Waals surface area (Å²) in [5, 5.41) is 0. The van der Waals surface area contributed by atoms with Gasteiger partial charge in [-0.15, -0.1) is 0 Å². The molecule has 7 heteroatoms. The molecule has 1 fully saturated rings. The number of carbonyl (C=O) groups excluding carboxylic acids is 2. The first-order valence-corrected chi connectivity index (χ1v) is 10.3. The van der Waals surface area contributed by atoms with Gasteiger partial charge >= 0.3 is 6.09 Å². The van der Waals surface area contributed by atoms with Crippen LogP contribution in [0, 0.1) is 0 Å². The molecule has 3 aromatic rings. The highest BCUT2D eigenvalue weighted by atomic mass is 16.5. The molecule has 1 aromatic carbocycles. The third-order valence-corrected chi connectivity index (χ3v) is 5.90. The van der Waals surface area contributed by atoms with Crippen molar-refractivity contribution in [1.82, 2.24) is 14.9 Å². The van der Waals surface area contributed by atoms with E-state index in [2.05, 4.69) is 16.0 Å². The maximum atomic E-state index is 12.0. The van der Waals surface area contributed by atoms with Crippen molar-refractivity contribution in [1.29, 1.82) is 0 Å². The van der Waals surface area contributed by atoms with Crippen molar-refractivity contribution in [3.05, 3.63) is 66.2 Å². The number of benzene rings is 1. The van der Waals surface area contributed by atoms with Crippen LogP contribution in [0.4, 0.5) is 10.5 Å². The van der Waals surface area contributed by atoms with Crippen LogP contribution in [0.5, 0.6) is 0 Å². The Morgan fingerprint density at radius 3 is 2.58 bits per heavy atom. The predicted octanol–water partition coefficient (Wildman–Crippen LogP) is 4.02. The highest BCUT2D eigenvalue weighted by Crippen LogP contribution is 2.33. The molecule has 0 saturated carbocycles. The summed E-state index contributed by atoms with van der Waals surface area (Å²) in [6.45, 7) is 1.69. The third-order valence-electron chi connectivity index (χ3n) is 5.90. The van der Waals surface area contributed by atoms with Crippen LogP contribution in [0.1, 0.15) is 24.1 Å². The molecule has 156 valence electrons. The summed E-state index contributed by atoms with van der Waals surface area (Å²) in [7, 11) is 1.39. The van der Waals surface area contributed by atoms with E-state index in [4.69, 9.17) is 4.74 Å². The first-order valence-electron chi connectivity index (χ1n) is 10.3. The smallest absolute Gasteiger partial charge is 0.410 e. The highest BCUT2D eigenvalue weighted by molar-refractivity contribution is 5.95. The number of amides is 2. The van der Waals surface area contributed by atoms with Gasteiger partial charge in [-0.3, -0.25) is 19.7 Å². The lowest BCUT2D eigenvalue weighted by Gasteiger charge is -2.16. The average molecular weight is 414 g/mol. The second-order valence-electron chi connectivity index (χ2n) is 7.77. The second kappa shape index (κ2) is 7.83. The Labute approximate surface area is 180 Å². The molecule has 2 aromatic heterocycles. The van der Waals surface area contributed by atoms with Gasteiger partial charge in [-0.1, -0.05) is 12.1 Å². The molecule has 0 radical (unpaired) electrons. The lowest BCUT2D eigenvalue weighted by molar-refractivity contribution is -0.117. The van der Waals surface area contributed by atoms with Gasteiger partial charge in [0, 0.05) is 53.9 Å². The lowest BCUT2D eigenvalue weighted by atomic mass is 9.98. The number of pyridine rings is 2. The second-order valence-corrected chi connectivity index (χ2v) is 7.77. The monoisotopic (exact) mass is 414 g/mol. The topological polar surface area (TPSA) is 75.6 Å². The summed E-state index contributed by atoms with van der Waals surface area (Å²) in [5.41, 5.74) is 6.86. The molecule has 2 amide bonds. The molecule has 0 spiro atoms. The van der Waals surface area contributed by atoms with Gasteiger partial charge in [-0.25, -0.2) is 4.79 Å². The first kappa shape index (κ1) is 19.2. The normalized spacial score (nSPS) is 15.3. The van der Waals surface area contributed by atoms with Crippen LogP contribution < -0.4 is 4.90 Å². The number of hydrogen-bond acceptors (Lipinski definition) is 5. The third kappa shape index (κ3) is 3.52. The molecule has 0 bridgehead atoms. The number of hydrogen-bond donors (Lipinski definition) is 0.